The Bertz CT molecular complexity index is 937. The lowest BCUT2D eigenvalue weighted by molar-refractivity contribution is 0.00578. The highest BCUT2D eigenvalue weighted by Crippen LogP contribution is 2.37. The standard InChI is InChI=1S/C20H26BNO6/c1-18(2,3)26-17(25)22-14-10-8-9-12(16(23)24)13(14)11-15(22)21-27-19(4,5)20(6,7)28-21/h8-11H,1-7H3,(H,23,24). The molecule has 0 amide bonds. The molecule has 2 aromatic rings. The lowest BCUT2D eigenvalue weighted by atomic mass is 9.84. The largest absolute Gasteiger partial charge is 0.513 e. The minimum atomic E-state index is -1.08. The van der Waals surface area contributed by atoms with Crippen LogP contribution in [0.15, 0.2) is 24.3 Å². The molecule has 0 spiro atoms. The van der Waals surface area contributed by atoms with E-state index in [-0.39, 0.29) is 5.56 Å². The topological polar surface area (TPSA) is 87.0 Å². The van der Waals surface area contributed by atoms with E-state index in [2.05, 4.69) is 0 Å². The number of nitrogens with zero attached hydrogens (tertiary/aromatic N) is 1. The maximum atomic E-state index is 13.0. The van der Waals surface area contributed by atoms with Crippen molar-refractivity contribution in [2.24, 2.45) is 0 Å². The molecule has 1 fully saturated rings. The van der Waals surface area contributed by atoms with Gasteiger partial charge in [0.25, 0.3) is 0 Å². The maximum Gasteiger partial charge on any atom is 0.513 e. The highest BCUT2D eigenvalue weighted by Gasteiger charge is 2.53. The summed E-state index contributed by atoms with van der Waals surface area (Å²) in [6, 6.07) is 6.41. The maximum absolute atomic E-state index is 13.0. The predicted molar refractivity (Wildman–Crippen MR) is 106 cm³/mol. The molecule has 28 heavy (non-hydrogen) atoms. The van der Waals surface area contributed by atoms with E-state index in [0.717, 1.165) is 0 Å². The fourth-order valence-corrected chi connectivity index (χ4v) is 3.09. The molecular weight excluding hydrogens is 361 g/mol. The summed E-state index contributed by atoms with van der Waals surface area (Å²) in [6.45, 7) is 13.0. The number of carboxylic acids is 1. The Kier molecular flexibility index (Phi) is 4.63. The van der Waals surface area contributed by atoms with E-state index in [1.165, 1.54) is 10.6 Å². The molecule has 1 N–H and O–H groups in total. The third-order valence-electron chi connectivity index (χ3n) is 5.18. The van der Waals surface area contributed by atoms with Crippen LogP contribution in [0.4, 0.5) is 4.79 Å². The van der Waals surface area contributed by atoms with E-state index >= 15 is 0 Å². The molecule has 1 aliphatic heterocycles. The van der Waals surface area contributed by atoms with Crippen molar-refractivity contribution in [3.05, 3.63) is 29.8 Å². The van der Waals surface area contributed by atoms with Gasteiger partial charge in [0.05, 0.1) is 27.9 Å². The van der Waals surface area contributed by atoms with Crippen molar-refractivity contribution in [1.29, 1.82) is 0 Å². The molecule has 1 aromatic carbocycles. The third kappa shape index (κ3) is 3.42. The van der Waals surface area contributed by atoms with Crippen LogP contribution in [0.5, 0.6) is 0 Å². The van der Waals surface area contributed by atoms with Crippen molar-refractivity contribution in [1.82, 2.24) is 4.57 Å². The first-order valence-electron chi connectivity index (χ1n) is 9.20. The number of carbonyl (C=O) groups is 2. The first-order chi connectivity index (χ1) is 12.7. The average Bonchev–Trinajstić information content (AvgIpc) is 3.00. The van der Waals surface area contributed by atoms with E-state index in [0.29, 0.717) is 16.5 Å². The smallest absolute Gasteiger partial charge is 0.478 e. The number of carbonyl (C=O) groups excluding carboxylic acids is 1. The Morgan fingerprint density at radius 2 is 1.68 bits per heavy atom. The van der Waals surface area contributed by atoms with Gasteiger partial charge in [-0.25, -0.2) is 9.59 Å². The van der Waals surface area contributed by atoms with Crippen molar-refractivity contribution in [2.75, 3.05) is 0 Å². The highest BCUT2D eigenvalue weighted by atomic mass is 16.7. The summed E-state index contributed by atoms with van der Waals surface area (Å²) < 4.78 is 19.1. The zero-order valence-electron chi connectivity index (χ0n) is 17.3. The van der Waals surface area contributed by atoms with Gasteiger partial charge in [-0.05, 0) is 66.7 Å². The van der Waals surface area contributed by atoms with E-state index < -0.39 is 36.0 Å². The molecule has 0 bridgehead atoms. The van der Waals surface area contributed by atoms with Crippen molar-refractivity contribution in [3.8, 4) is 0 Å². The zero-order valence-corrected chi connectivity index (χ0v) is 17.3. The van der Waals surface area contributed by atoms with Gasteiger partial charge >= 0.3 is 19.2 Å². The van der Waals surface area contributed by atoms with Crippen LogP contribution in [0, 0.1) is 0 Å². The SMILES string of the molecule is CC(C)(C)OC(=O)n1c(B2OC(C)(C)C(C)(C)O2)cc2c(C(=O)O)cccc21. The van der Waals surface area contributed by atoms with Crippen LogP contribution < -0.4 is 5.59 Å². The van der Waals surface area contributed by atoms with Crippen LogP contribution in [0.25, 0.3) is 10.9 Å². The van der Waals surface area contributed by atoms with Gasteiger partial charge in [0, 0.05) is 5.39 Å². The Labute approximate surface area is 164 Å². The summed E-state index contributed by atoms with van der Waals surface area (Å²) in [6.07, 6.45) is -0.616. The monoisotopic (exact) mass is 387 g/mol. The van der Waals surface area contributed by atoms with Crippen molar-refractivity contribution in [3.63, 3.8) is 0 Å². The predicted octanol–water partition coefficient (Wildman–Crippen LogP) is 3.42. The fourth-order valence-electron chi connectivity index (χ4n) is 3.09. The number of hydrogen-bond acceptors (Lipinski definition) is 5. The summed E-state index contributed by atoms with van der Waals surface area (Å²) in [7, 11) is -0.841. The van der Waals surface area contributed by atoms with Gasteiger partial charge in [-0.3, -0.25) is 4.57 Å². The molecule has 3 rings (SSSR count). The molecule has 2 heterocycles. The number of ether oxygens (including phenoxy) is 1. The van der Waals surface area contributed by atoms with Gasteiger partial charge in [0.1, 0.15) is 5.60 Å². The van der Waals surface area contributed by atoms with Gasteiger partial charge in [-0.15, -0.1) is 0 Å². The number of rotatable bonds is 2. The Hall–Kier alpha value is -2.32. The van der Waals surface area contributed by atoms with E-state index in [9.17, 15) is 14.7 Å². The number of aromatic carboxylic acids is 1. The molecule has 0 saturated carbocycles. The zero-order chi connectivity index (χ0) is 21.1. The number of benzene rings is 1. The molecule has 8 heteroatoms. The number of fused-ring (bicyclic) bond motifs is 1. The van der Waals surface area contributed by atoms with E-state index in [1.54, 1.807) is 39.0 Å². The summed E-state index contributed by atoms with van der Waals surface area (Å²) in [4.78, 5) is 24.7. The summed E-state index contributed by atoms with van der Waals surface area (Å²) >= 11 is 0. The molecule has 0 atom stereocenters. The Balaban J connectivity index is 2.21. The second kappa shape index (κ2) is 6.35. The van der Waals surface area contributed by atoms with Crippen LogP contribution in [-0.2, 0) is 14.0 Å². The molecule has 0 unspecified atom stereocenters. The molecule has 1 aliphatic rings. The first kappa shape index (κ1) is 20.4. The second-order valence-electron chi connectivity index (χ2n) is 9.02. The lowest BCUT2D eigenvalue weighted by Gasteiger charge is -2.32. The van der Waals surface area contributed by atoms with Crippen LogP contribution in [0.2, 0.25) is 0 Å². The fraction of sp³-hybridized carbons (Fsp3) is 0.500. The van der Waals surface area contributed by atoms with Crippen LogP contribution in [0.1, 0.15) is 58.8 Å². The van der Waals surface area contributed by atoms with Gasteiger partial charge in [0.15, 0.2) is 0 Å². The van der Waals surface area contributed by atoms with Crippen LogP contribution >= 0.6 is 0 Å². The third-order valence-corrected chi connectivity index (χ3v) is 5.18. The number of carboxylic acid groups (broad SMARTS) is 1. The summed E-state index contributed by atoms with van der Waals surface area (Å²) in [5, 5.41) is 9.97. The quantitative estimate of drug-likeness (QED) is 0.795. The molecule has 0 radical (unpaired) electrons. The van der Waals surface area contributed by atoms with Crippen molar-refractivity contribution < 1.29 is 28.7 Å². The van der Waals surface area contributed by atoms with Gasteiger partial charge in [0.2, 0.25) is 0 Å². The van der Waals surface area contributed by atoms with E-state index in [1.807, 2.05) is 27.7 Å². The Morgan fingerprint density at radius 1 is 1.11 bits per heavy atom. The first-order valence-corrected chi connectivity index (χ1v) is 9.20. The minimum absolute atomic E-state index is 0.0950. The molecule has 7 nitrogen and oxygen atoms in total. The summed E-state index contributed by atoms with van der Waals surface area (Å²) in [5.74, 6) is -1.08. The van der Waals surface area contributed by atoms with Crippen molar-refractivity contribution >= 4 is 35.7 Å². The Morgan fingerprint density at radius 3 is 2.18 bits per heavy atom. The highest BCUT2D eigenvalue weighted by molar-refractivity contribution is 6.62. The van der Waals surface area contributed by atoms with Crippen LogP contribution in [-0.4, -0.2) is 45.7 Å². The van der Waals surface area contributed by atoms with Gasteiger partial charge in [-0.2, -0.15) is 0 Å². The molecule has 150 valence electrons. The molecule has 0 aliphatic carbocycles. The van der Waals surface area contributed by atoms with Gasteiger partial charge < -0.3 is 19.2 Å². The number of aromatic nitrogens is 1. The average molecular weight is 387 g/mol. The van der Waals surface area contributed by atoms with Gasteiger partial charge in [-0.1, -0.05) is 6.07 Å². The van der Waals surface area contributed by atoms with Crippen LogP contribution in [0.3, 0.4) is 0 Å². The van der Waals surface area contributed by atoms with Crippen molar-refractivity contribution in [2.45, 2.75) is 65.3 Å². The second-order valence-corrected chi connectivity index (χ2v) is 9.02. The molecule has 1 saturated heterocycles. The summed E-state index contributed by atoms with van der Waals surface area (Å²) in [5.41, 5.74) is -1.01. The van der Waals surface area contributed by atoms with E-state index in [4.69, 9.17) is 14.0 Å². The normalized spacial score (nSPS) is 18.5. The lowest BCUT2D eigenvalue weighted by Crippen LogP contribution is -2.43. The number of hydrogen-bond donors (Lipinski definition) is 1. The molecular formula is C20H26BNO6. The minimum Gasteiger partial charge on any atom is -0.478 e. The molecule has 1 aromatic heterocycles.